The number of benzene rings is 1. The highest BCUT2D eigenvalue weighted by Crippen LogP contribution is 2.19. The van der Waals surface area contributed by atoms with Crippen LogP contribution in [-0.2, 0) is 17.8 Å². The van der Waals surface area contributed by atoms with Gasteiger partial charge in [-0.05, 0) is 44.9 Å². The van der Waals surface area contributed by atoms with Crippen LogP contribution in [0.15, 0.2) is 35.7 Å². The lowest BCUT2D eigenvalue weighted by Crippen LogP contribution is -2.23. The number of hydrogen-bond acceptors (Lipinski definition) is 4. The van der Waals surface area contributed by atoms with Crippen molar-refractivity contribution in [1.29, 1.82) is 0 Å². The Bertz CT molecular complexity index is 867. The summed E-state index contributed by atoms with van der Waals surface area (Å²) >= 11 is 1.57. The summed E-state index contributed by atoms with van der Waals surface area (Å²) in [5.41, 5.74) is 5.24. The fourth-order valence-corrected chi connectivity index (χ4v) is 3.55. The molecule has 0 fully saturated rings. The van der Waals surface area contributed by atoms with E-state index in [-0.39, 0.29) is 5.91 Å². The molecule has 0 spiro atoms. The number of nitrogens with one attached hydrogen (secondary N) is 1. The average Bonchev–Trinajstić information content (AvgIpc) is 3.15. The maximum absolute atomic E-state index is 12.1. The predicted octanol–water partition coefficient (Wildman–Crippen LogP) is 3.50. The molecule has 0 radical (unpaired) electrons. The van der Waals surface area contributed by atoms with Gasteiger partial charge in [0.2, 0.25) is 5.91 Å². The number of aryl methyl sites for hydroxylation is 2. The lowest BCUT2D eigenvalue weighted by atomic mass is 10.1. The van der Waals surface area contributed by atoms with E-state index in [0.717, 1.165) is 33.3 Å². The fraction of sp³-hybridized carbons (Fsp3) is 0.316. The third-order valence-electron chi connectivity index (χ3n) is 4.15. The first-order chi connectivity index (χ1) is 12.0. The fourth-order valence-electron chi connectivity index (χ4n) is 2.84. The topological polar surface area (TPSA) is 59.8 Å². The van der Waals surface area contributed by atoms with E-state index in [1.807, 2.05) is 54.2 Å². The Morgan fingerprint density at radius 2 is 1.96 bits per heavy atom. The highest BCUT2D eigenvalue weighted by molar-refractivity contribution is 7.09. The van der Waals surface area contributed by atoms with Crippen LogP contribution in [0, 0.1) is 20.8 Å². The van der Waals surface area contributed by atoms with Gasteiger partial charge in [0.15, 0.2) is 0 Å². The van der Waals surface area contributed by atoms with E-state index in [2.05, 4.69) is 22.3 Å². The van der Waals surface area contributed by atoms with E-state index in [9.17, 15) is 4.79 Å². The molecule has 6 heteroatoms. The Morgan fingerprint density at radius 1 is 1.20 bits per heavy atom. The van der Waals surface area contributed by atoms with Gasteiger partial charge in [-0.2, -0.15) is 5.10 Å². The molecule has 0 aliphatic carbocycles. The number of para-hydroxylation sites is 1. The summed E-state index contributed by atoms with van der Waals surface area (Å²) in [6.45, 7) is 6.51. The van der Waals surface area contributed by atoms with Gasteiger partial charge in [-0.15, -0.1) is 11.3 Å². The van der Waals surface area contributed by atoms with Gasteiger partial charge in [-0.3, -0.25) is 4.79 Å². The van der Waals surface area contributed by atoms with Gasteiger partial charge in [0.1, 0.15) is 5.01 Å². The zero-order valence-electron chi connectivity index (χ0n) is 14.7. The quantitative estimate of drug-likeness (QED) is 0.737. The summed E-state index contributed by atoms with van der Waals surface area (Å²) < 4.78 is 1.95. The van der Waals surface area contributed by atoms with Gasteiger partial charge in [-0.1, -0.05) is 18.2 Å². The van der Waals surface area contributed by atoms with Crippen molar-refractivity contribution in [3.8, 4) is 5.69 Å². The second-order valence-electron chi connectivity index (χ2n) is 6.06. The molecule has 3 rings (SSSR count). The Kier molecular flexibility index (Phi) is 5.28. The van der Waals surface area contributed by atoms with Gasteiger partial charge in [0.05, 0.1) is 17.9 Å². The standard InChI is InChI=1S/C19H22N4OS/c1-13-12-25-19(21-13)11-20-18(24)10-9-17-14(2)22-23(15(17)3)16-7-5-4-6-8-16/h4-8,12H,9-11H2,1-3H3,(H,20,24). The highest BCUT2D eigenvalue weighted by atomic mass is 32.1. The average molecular weight is 354 g/mol. The summed E-state index contributed by atoms with van der Waals surface area (Å²) in [4.78, 5) is 16.5. The van der Waals surface area contributed by atoms with Crippen LogP contribution < -0.4 is 5.32 Å². The number of thiazole rings is 1. The summed E-state index contributed by atoms with van der Waals surface area (Å²) in [5, 5.41) is 10.5. The number of aromatic nitrogens is 3. The van der Waals surface area contributed by atoms with Gasteiger partial charge < -0.3 is 5.32 Å². The minimum atomic E-state index is 0.0408. The van der Waals surface area contributed by atoms with E-state index in [1.165, 1.54) is 0 Å². The number of amides is 1. The molecule has 1 N–H and O–H groups in total. The summed E-state index contributed by atoms with van der Waals surface area (Å²) in [6.07, 6.45) is 1.14. The van der Waals surface area contributed by atoms with E-state index in [4.69, 9.17) is 0 Å². The number of rotatable bonds is 6. The van der Waals surface area contributed by atoms with Gasteiger partial charge in [0, 0.05) is 23.2 Å². The minimum Gasteiger partial charge on any atom is -0.350 e. The normalized spacial score (nSPS) is 10.8. The molecule has 3 aromatic rings. The van der Waals surface area contributed by atoms with E-state index < -0.39 is 0 Å². The molecule has 1 aromatic carbocycles. The van der Waals surface area contributed by atoms with Crippen LogP contribution in [-0.4, -0.2) is 20.7 Å². The Balaban J connectivity index is 1.61. The first-order valence-electron chi connectivity index (χ1n) is 8.33. The molecule has 0 aliphatic rings. The zero-order valence-corrected chi connectivity index (χ0v) is 15.6. The van der Waals surface area contributed by atoms with Crippen molar-refractivity contribution in [3.05, 3.63) is 63.4 Å². The van der Waals surface area contributed by atoms with Crippen molar-refractivity contribution in [2.75, 3.05) is 0 Å². The number of carbonyl (C=O) groups excluding carboxylic acids is 1. The van der Waals surface area contributed by atoms with Crippen molar-refractivity contribution in [2.24, 2.45) is 0 Å². The van der Waals surface area contributed by atoms with Crippen molar-refractivity contribution in [2.45, 2.75) is 40.2 Å². The largest absolute Gasteiger partial charge is 0.350 e. The molecular formula is C19H22N4OS. The zero-order chi connectivity index (χ0) is 17.8. The lowest BCUT2D eigenvalue weighted by Gasteiger charge is -2.06. The van der Waals surface area contributed by atoms with Crippen LogP contribution >= 0.6 is 11.3 Å². The third kappa shape index (κ3) is 4.14. The molecule has 0 saturated heterocycles. The molecule has 0 atom stereocenters. The van der Waals surface area contributed by atoms with E-state index in [1.54, 1.807) is 11.3 Å². The molecule has 0 unspecified atom stereocenters. The number of hydrogen-bond donors (Lipinski definition) is 1. The van der Waals surface area contributed by atoms with Crippen molar-refractivity contribution in [3.63, 3.8) is 0 Å². The maximum Gasteiger partial charge on any atom is 0.220 e. The van der Waals surface area contributed by atoms with Gasteiger partial charge in [0.25, 0.3) is 0 Å². The molecule has 25 heavy (non-hydrogen) atoms. The second-order valence-corrected chi connectivity index (χ2v) is 7.00. The molecular weight excluding hydrogens is 332 g/mol. The third-order valence-corrected chi connectivity index (χ3v) is 5.11. The SMILES string of the molecule is Cc1csc(CNC(=O)CCc2c(C)nn(-c3ccccc3)c2C)n1. The molecule has 2 heterocycles. The Hall–Kier alpha value is -2.47. The highest BCUT2D eigenvalue weighted by Gasteiger charge is 2.14. The van der Waals surface area contributed by atoms with E-state index >= 15 is 0 Å². The van der Waals surface area contributed by atoms with Crippen LogP contribution in [0.2, 0.25) is 0 Å². The summed E-state index contributed by atoms with van der Waals surface area (Å²) in [6, 6.07) is 10.1. The van der Waals surface area contributed by atoms with Gasteiger partial charge >= 0.3 is 0 Å². The van der Waals surface area contributed by atoms with Crippen molar-refractivity contribution < 1.29 is 4.79 Å². The van der Waals surface area contributed by atoms with Crippen LogP contribution in [0.1, 0.15) is 34.1 Å². The first kappa shape index (κ1) is 17.4. The molecule has 0 bridgehead atoms. The predicted molar refractivity (Wildman–Crippen MR) is 100 cm³/mol. The Labute approximate surface area is 151 Å². The van der Waals surface area contributed by atoms with Crippen LogP contribution in [0.3, 0.4) is 0 Å². The van der Waals surface area contributed by atoms with Crippen molar-refractivity contribution >= 4 is 17.2 Å². The molecule has 1 amide bonds. The lowest BCUT2D eigenvalue weighted by molar-refractivity contribution is -0.121. The van der Waals surface area contributed by atoms with E-state index in [0.29, 0.717) is 19.4 Å². The molecule has 0 aliphatic heterocycles. The maximum atomic E-state index is 12.1. The first-order valence-corrected chi connectivity index (χ1v) is 9.21. The monoisotopic (exact) mass is 354 g/mol. The van der Waals surface area contributed by atoms with Gasteiger partial charge in [-0.25, -0.2) is 9.67 Å². The smallest absolute Gasteiger partial charge is 0.220 e. The molecule has 2 aromatic heterocycles. The number of nitrogens with zero attached hydrogens (tertiary/aromatic N) is 3. The molecule has 130 valence electrons. The number of carbonyl (C=O) groups is 1. The van der Waals surface area contributed by atoms with Crippen LogP contribution in [0.25, 0.3) is 5.69 Å². The second kappa shape index (κ2) is 7.61. The molecule has 0 saturated carbocycles. The minimum absolute atomic E-state index is 0.0408. The van der Waals surface area contributed by atoms with Crippen molar-refractivity contribution in [1.82, 2.24) is 20.1 Å². The molecule has 5 nitrogen and oxygen atoms in total. The van der Waals surface area contributed by atoms with Crippen LogP contribution in [0.4, 0.5) is 0 Å². The van der Waals surface area contributed by atoms with Crippen LogP contribution in [0.5, 0.6) is 0 Å². The summed E-state index contributed by atoms with van der Waals surface area (Å²) in [5.74, 6) is 0.0408. The Morgan fingerprint density at radius 3 is 2.64 bits per heavy atom. The summed E-state index contributed by atoms with van der Waals surface area (Å²) in [7, 11) is 0.